The number of nitrogen functional groups attached to an aromatic ring is 1. The van der Waals surface area contributed by atoms with Gasteiger partial charge in [0.05, 0.1) is 7.11 Å². The van der Waals surface area contributed by atoms with E-state index in [1.807, 2.05) is 5.43 Å². The third-order valence-corrected chi connectivity index (χ3v) is 3.92. The lowest BCUT2D eigenvalue weighted by Crippen LogP contribution is -2.32. The molecular formula is C11H17N3O4S. The number of amides is 1. The summed E-state index contributed by atoms with van der Waals surface area (Å²) in [6, 6.07) is 3.77. The second-order valence-electron chi connectivity index (χ2n) is 4.12. The Morgan fingerprint density at radius 3 is 2.47 bits per heavy atom. The van der Waals surface area contributed by atoms with Gasteiger partial charge in [0.25, 0.3) is 5.91 Å². The van der Waals surface area contributed by atoms with Crippen LogP contribution in [-0.2, 0) is 10.0 Å². The van der Waals surface area contributed by atoms with Gasteiger partial charge in [-0.1, -0.05) is 0 Å². The van der Waals surface area contributed by atoms with Crippen LogP contribution in [-0.4, -0.2) is 27.5 Å². The van der Waals surface area contributed by atoms with Crippen LogP contribution in [0.5, 0.6) is 5.75 Å². The van der Waals surface area contributed by atoms with Gasteiger partial charge in [0.2, 0.25) is 10.0 Å². The Kier molecular flexibility index (Phi) is 4.87. The molecule has 8 heteroatoms. The van der Waals surface area contributed by atoms with Crippen LogP contribution in [0.1, 0.15) is 24.2 Å². The molecule has 0 aliphatic rings. The van der Waals surface area contributed by atoms with E-state index in [1.54, 1.807) is 13.8 Å². The Hall–Kier alpha value is -1.64. The average Bonchev–Trinajstić information content (AvgIpc) is 2.35. The number of methoxy groups -OCH3 is 1. The van der Waals surface area contributed by atoms with E-state index in [-0.39, 0.29) is 22.3 Å². The topological polar surface area (TPSA) is 111 Å². The minimum absolute atomic E-state index is 0.107. The molecule has 1 rings (SSSR count). The fourth-order valence-electron chi connectivity index (χ4n) is 1.49. The van der Waals surface area contributed by atoms with Gasteiger partial charge in [0.15, 0.2) is 0 Å². The summed E-state index contributed by atoms with van der Waals surface area (Å²) < 4.78 is 31.7. The predicted octanol–water partition coefficient (Wildman–Crippen LogP) is -0.0146. The van der Waals surface area contributed by atoms with Crippen molar-refractivity contribution in [2.24, 2.45) is 5.84 Å². The van der Waals surface area contributed by atoms with Crippen molar-refractivity contribution in [2.45, 2.75) is 24.8 Å². The standard InChI is InChI=1S/C11H17N3O4S/c1-7(2)14-19(16,17)10-6-8(11(15)13-12)4-5-9(10)18-3/h4-7,14H,12H2,1-3H3,(H,13,15). The maximum atomic E-state index is 12.1. The highest BCUT2D eigenvalue weighted by atomic mass is 32.2. The van der Waals surface area contributed by atoms with Gasteiger partial charge < -0.3 is 4.74 Å². The molecule has 0 fully saturated rings. The Balaban J connectivity index is 3.35. The van der Waals surface area contributed by atoms with Crippen molar-refractivity contribution in [3.8, 4) is 5.75 Å². The number of hydrogen-bond acceptors (Lipinski definition) is 5. The Labute approximate surface area is 112 Å². The Morgan fingerprint density at radius 2 is 2.00 bits per heavy atom. The number of rotatable bonds is 5. The zero-order chi connectivity index (χ0) is 14.6. The number of hydrazine groups is 1. The molecule has 0 atom stereocenters. The smallest absolute Gasteiger partial charge is 0.265 e. The van der Waals surface area contributed by atoms with Crippen LogP contribution < -0.4 is 20.7 Å². The van der Waals surface area contributed by atoms with Crippen molar-refractivity contribution in [1.29, 1.82) is 0 Å². The molecule has 0 unspecified atom stereocenters. The molecule has 1 aromatic rings. The highest BCUT2D eigenvalue weighted by Gasteiger charge is 2.22. The number of carbonyl (C=O) groups excluding carboxylic acids is 1. The van der Waals surface area contributed by atoms with Crippen molar-refractivity contribution >= 4 is 15.9 Å². The van der Waals surface area contributed by atoms with E-state index < -0.39 is 15.9 Å². The summed E-state index contributed by atoms with van der Waals surface area (Å²) in [7, 11) is -2.41. The summed E-state index contributed by atoms with van der Waals surface area (Å²) in [6.07, 6.45) is 0. The summed E-state index contributed by atoms with van der Waals surface area (Å²) in [5, 5.41) is 0. The summed E-state index contributed by atoms with van der Waals surface area (Å²) in [6.45, 7) is 3.39. The number of hydrogen-bond donors (Lipinski definition) is 3. The number of nitrogens with two attached hydrogens (primary N) is 1. The maximum Gasteiger partial charge on any atom is 0.265 e. The Bertz CT molecular complexity index is 569. The summed E-state index contributed by atoms with van der Waals surface area (Å²) in [5.74, 6) is 4.59. The van der Waals surface area contributed by atoms with Gasteiger partial charge in [-0.2, -0.15) is 0 Å². The molecule has 0 aromatic heterocycles. The summed E-state index contributed by atoms with van der Waals surface area (Å²) in [5.41, 5.74) is 2.08. The lowest BCUT2D eigenvalue weighted by Gasteiger charge is -2.13. The van der Waals surface area contributed by atoms with Crippen LogP contribution in [0.25, 0.3) is 0 Å². The van der Waals surface area contributed by atoms with E-state index in [9.17, 15) is 13.2 Å². The first-order valence-electron chi connectivity index (χ1n) is 5.53. The van der Waals surface area contributed by atoms with Crippen molar-refractivity contribution in [1.82, 2.24) is 10.1 Å². The van der Waals surface area contributed by atoms with Crippen molar-refractivity contribution in [3.63, 3.8) is 0 Å². The fourth-order valence-corrected chi connectivity index (χ4v) is 2.93. The molecule has 19 heavy (non-hydrogen) atoms. The highest BCUT2D eigenvalue weighted by molar-refractivity contribution is 7.89. The minimum Gasteiger partial charge on any atom is -0.495 e. The molecule has 106 valence electrons. The largest absolute Gasteiger partial charge is 0.495 e. The van der Waals surface area contributed by atoms with E-state index in [2.05, 4.69) is 4.72 Å². The van der Waals surface area contributed by atoms with Gasteiger partial charge in [-0.15, -0.1) is 0 Å². The number of sulfonamides is 1. The van der Waals surface area contributed by atoms with Crippen molar-refractivity contribution < 1.29 is 17.9 Å². The first-order chi connectivity index (χ1) is 8.81. The van der Waals surface area contributed by atoms with E-state index in [4.69, 9.17) is 10.6 Å². The van der Waals surface area contributed by atoms with Gasteiger partial charge in [0, 0.05) is 11.6 Å². The predicted molar refractivity (Wildman–Crippen MR) is 70.1 cm³/mol. The molecule has 0 aliphatic carbocycles. The summed E-state index contributed by atoms with van der Waals surface area (Å²) in [4.78, 5) is 11.3. The maximum absolute atomic E-state index is 12.1. The zero-order valence-electron chi connectivity index (χ0n) is 10.9. The van der Waals surface area contributed by atoms with Crippen LogP contribution in [0, 0.1) is 0 Å². The quantitative estimate of drug-likeness (QED) is 0.400. The van der Waals surface area contributed by atoms with Gasteiger partial charge >= 0.3 is 0 Å². The van der Waals surface area contributed by atoms with E-state index in [0.29, 0.717) is 0 Å². The normalized spacial score (nSPS) is 11.4. The third-order valence-electron chi connectivity index (χ3n) is 2.24. The lowest BCUT2D eigenvalue weighted by molar-refractivity contribution is 0.0953. The number of benzene rings is 1. The van der Waals surface area contributed by atoms with Gasteiger partial charge in [-0.3, -0.25) is 10.2 Å². The molecule has 1 amide bonds. The number of nitrogens with one attached hydrogen (secondary N) is 2. The Morgan fingerprint density at radius 1 is 1.37 bits per heavy atom. The molecule has 7 nitrogen and oxygen atoms in total. The van der Waals surface area contributed by atoms with E-state index in [1.165, 1.54) is 25.3 Å². The van der Waals surface area contributed by atoms with Crippen LogP contribution in [0.4, 0.5) is 0 Å². The molecule has 1 aromatic carbocycles. The average molecular weight is 287 g/mol. The molecule has 4 N–H and O–H groups in total. The second kappa shape index (κ2) is 6.00. The second-order valence-corrected chi connectivity index (χ2v) is 5.80. The first-order valence-corrected chi connectivity index (χ1v) is 7.01. The molecule has 0 saturated carbocycles. The molecule has 0 heterocycles. The van der Waals surface area contributed by atoms with Gasteiger partial charge in [0.1, 0.15) is 10.6 Å². The molecule has 0 bridgehead atoms. The number of carbonyl (C=O) groups is 1. The van der Waals surface area contributed by atoms with Gasteiger partial charge in [-0.25, -0.2) is 19.0 Å². The molecule has 0 aliphatic heterocycles. The monoisotopic (exact) mass is 287 g/mol. The highest BCUT2D eigenvalue weighted by Crippen LogP contribution is 2.25. The van der Waals surface area contributed by atoms with Crippen LogP contribution in [0.3, 0.4) is 0 Å². The minimum atomic E-state index is -3.76. The first kappa shape index (κ1) is 15.4. The van der Waals surface area contributed by atoms with E-state index >= 15 is 0 Å². The zero-order valence-corrected chi connectivity index (χ0v) is 11.7. The van der Waals surface area contributed by atoms with E-state index in [0.717, 1.165) is 0 Å². The van der Waals surface area contributed by atoms with Crippen molar-refractivity contribution in [3.05, 3.63) is 23.8 Å². The number of ether oxygens (including phenoxy) is 1. The van der Waals surface area contributed by atoms with Crippen molar-refractivity contribution in [2.75, 3.05) is 7.11 Å². The van der Waals surface area contributed by atoms with Crippen LogP contribution in [0.2, 0.25) is 0 Å². The van der Waals surface area contributed by atoms with Gasteiger partial charge in [-0.05, 0) is 32.0 Å². The lowest BCUT2D eigenvalue weighted by atomic mass is 10.2. The molecular weight excluding hydrogens is 270 g/mol. The molecule has 0 spiro atoms. The molecule has 0 radical (unpaired) electrons. The summed E-state index contributed by atoms with van der Waals surface area (Å²) >= 11 is 0. The van der Waals surface area contributed by atoms with Crippen LogP contribution >= 0.6 is 0 Å². The third kappa shape index (κ3) is 3.66. The van der Waals surface area contributed by atoms with Crippen LogP contribution in [0.15, 0.2) is 23.1 Å². The SMILES string of the molecule is COc1ccc(C(=O)NN)cc1S(=O)(=O)NC(C)C. The fraction of sp³-hybridized carbons (Fsp3) is 0.364. The molecule has 0 saturated heterocycles.